The quantitative estimate of drug-likeness (QED) is 0.609. The summed E-state index contributed by atoms with van der Waals surface area (Å²) in [6.07, 6.45) is 0.578. The highest BCUT2D eigenvalue weighted by atomic mass is 16.5. The second-order valence-electron chi connectivity index (χ2n) is 9.84. The first-order valence-electron chi connectivity index (χ1n) is 12.2. The van der Waals surface area contributed by atoms with Crippen LogP contribution in [0, 0.1) is 11.8 Å². The van der Waals surface area contributed by atoms with Crippen LogP contribution in [-0.2, 0) is 14.3 Å². The Morgan fingerprint density at radius 3 is 2.23 bits per heavy atom. The predicted molar refractivity (Wildman–Crippen MR) is 128 cm³/mol. The van der Waals surface area contributed by atoms with Crippen LogP contribution in [0.5, 0.6) is 0 Å². The van der Waals surface area contributed by atoms with Gasteiger partial charge in [-0.1, -0.05) is 48.5 Å². The first-order valence-corrected chi connectivity index (χ1v) is 12.2. The normalized spacial score (nSPS) is 25.6. The van der Waals surface area contributed by atoms with Crippen molar-refractivity contribution in [3.05, 3.63) is 59.7 Å². The minimum Gasteiger partial charge on any atom is -0.481 e. The van der Waals surface area contributed by atoms with Crippen LogP contribution in [0.1, 0.15) is 42.7 Å². The first kappa shape index (κ1) is 23.4. The van der Waals surface area contributed by atoms with Crippen molar-refractivity contribution >= 4 is 18.0 Å². The fourth-order valence-corrected chi connectivity index (χ4v) is 5.83. The zero-order chi connectivity index (χ0) is 24.5. The number of carboxylic acids is 1. The van der Waals surface area contributed by atoms with Gasteiger partial charge in [0.1, 0.15) is 6.61 Å². The van der Waals surface area contributed by atoms with Crippen LogP contribution in [0.25, 0.3) is 11.1 Å². The largest absolute Gasteiger partial charge is 0.481 e. The van der Waals surface area contributed by atoms with E-state index < -0.39 is 24.1 Å². The van der Waals surface area contributed by atoms with E-state index in [-0.39, 0.29) is 49.9 Å². The Morgan fingerprint density at radius 2 is 1.57 bits per heavy atom. The average Bonchev–Trinajstić information content (AvgIpc) is 3.44. The van der Waals surface area contributed by atoms with Crippen molar-refractivity contribution in [1.29, 1.82) is 0 Å². The standard InChI is InChI=1S/C27H30N2O6/c30-19-12-17(26(32)33)13-29(14-19)25(31)16-9-10-18(11-16)28-27(34)35-15-24-22-7-3-1-5-20(22)21-6-2-4-8-23(21)24/h1-8,16-19,24,30H,9-15H2,(H,28,34)(H,32,33)/t16-,17?,18+,19?/m0/s1. The molecule has 1 saturated heterocycles. The van der Waals surface area contributed by atoms with Gasteiger partial charge in [-0.05, 0) is 47.9 Å². The van der Waals surface area contributed by atoms with Gasteiger partial charge in [0.25, 0.3) is 0 Å². The SMILES string of the molecule is O=C(N[C@@H]1CC[C@H](C(=O)N2CC(O)CC(C(=O)O)C2)C1)OCC1c2ccccc2-c2ccccc21. The molecule has 2 aromatic carbocycles. The number of ether oxygens (including phenoxy) is 1. The topological polar surface area (TPSA) is 116 Å². The Morgan fingerprint density at radius 1 is 0.914 bits per heavy atom. The van der Waals surface area contributed by atoms with E-state index in [9.17, 15) is 24.6 Å². The highest BCUT2D eigenvalue weighted by molar-refractivity contribution is 5.81. The maximum Gasteiger partial charge on any atom is 0.407 e. The zero-order valence-corrected chi connectivity index (χ0v) is 19.4. The van der Waals surface area contributed by atoms with Crippen LogP contribution in [0.4, 0.5) is 4.79 Å². The second-order valence-corrected chi connectivity index (χ2v) is 9.84. The molecule has 1 aliphatic heterocycles. The molecule has 184 valence electrons. The summed E-state index contributed by atoms with van der Waals surface area (Å²) in [5.74, 6) is -2.21. The summed E-state index contributed by atoms with van der Waals surface area (Å²) >= 11 is 0. The summed E-state index contributed by atoms with van der Waals surface area (Å²) < 4.78 is 5.62. The Hall–Kier alpha value is -3.39. The number of carboxylic acid groups (broad SMARTS) is 1. The Kier molecular flexibility index (Phi) is 6.47. The average molecular weight is 479 g/mol. The summed E-state index contributed by atoms with van der Waals surface area (Å²) in [7, 11) is 0. The third-order valence-electron chi connectivity index (χ3n) is 7.54. The number of piperidine rings is 1. The number of nitrogens with one attached hydrogen (secondary N) is 1. The molecule has 5 rings (SSSR count). The van der Waals surface area contributed by atoms with Gasteiger partial charge in [-0.2, -0.15) is 0 Å². The number of carbonyl (C=O) groups is 3. The lowest BCUT2D eigenvalue weighted by Gasteiger charge is -2.35. The smallest absolute Gasteiger partial charge is 0.407 e. The van der Waals surface area contributed by atoms with Crippen molar-refractivity contribution < 1.29 is 29.3 Å². The van der Waals surface area contributed by atoms with Crippen LogP contribution in [0.3, 0.4) is 0 Å². The number of likely N-dealkylation sites (tertiary alicyclic amines) is 1. The van der Waals surface area contributed by atoms with Crippen molar-refractivity contribution in [3.63, 3.8) is 0 Å². The molecule has 2 amide bonds. The number of aliphatic hydroxyl groups excluding tert-OH is 1. The second kappa shape index (κ2) is 9.70. The number of rotatable bonds is 5. The molecule has 1 saturated carbocycles. The lowest BCUT2D eigenvalue weighted by molar-refractivity contribution is -0.150. The molecule has 1 heterocycles. The maximum absolute atomic E-state index is 13.0. The molecule has 2 aromatic rings. The Balaban J connectivity index is 1.14. The van der Waals surface area contributed by atoms with E-state index in [1.165, 1.54) is 16.0 Å². The molecule has 3 aliphatic rings. The summed E-state index contributed by atoms with van der Waals surface area (Å²) in [5.41, 5.74) is 4.64. The molecule has 8 heteroatoms. The van der Waals surface area contributed by atoms with Crippen molar-refractivity contribution in [1.82, 2.24) is 10.2 Å². The fraction of sp³-hybridized carbons (Fsp3) is 0.444. The van der Waals surface area contributed by atoms with Crippen LogP contribution in [0.2, 0.25) is 0 Å². The van der Waals surface area contributed by atoms with Gasteiger partial charge in [0.15, 0.2) is 0 Å². The molecular formula is C27H30N2O6. The number of amides is 2. The number of aliphatic carboxylic acids is 1. The van der Waals surface area contributed by atoms with Gasteiger partial charge in [-0.15, -0.1) is 0 Å². The van der Waals surface area contributed by atoms with Crippen LogP contribution < -0.4 is 5.32 Å². The van der Waals surface area contributed by atoms with Gasteiger partial charge in [0.2, 0.25) is 5.91 Å². The molecule has 2 fully saturated rings. The molecule has 8 nitrogen and oxygen atoms in total. The monoisotopic (exact) mass is 478 g/mol. The molecule has 3 N–H and O–H groups in total. The van der Waals surface area contributed by atoms with Gasteiger partial charge in [-0.3, -0.25) is 9.59 Å². The van der Waals surface area contributed by atoms with E-state index in [0.717, 1.165) is 11.1 Å². The molecule has 0 spiro atoms. The Labute approximate surface area is 203 Å². The van der Waals surface area contributed by atoms with E-state index in [0.29, 0.717) is 19.3 Å². The van der Waals surface area contributed by atoms with Gasteiger partial charge in [0, 0.05) is 31.0 Å². The highest BCUT2D eigenvalue weighted by Crippen LogP contribution is 2.44. The van der Waals surface area contributed by atoms with Gasteiger partial charge in [-0.25, -0.2) is 4.79 Å². The third kappa shape index (κ3) is 4.75. The van der Waals surface area contributed by atoms with Gasteiger partial charge >= 0.3 is 12.1 Å². The van der Waals surface area contributed by atoms with Crippen LogP contribution in [0.15, 0.2) is 48.5 Å². The van der Waals surface area contributed by atoms with Crippen molar-refractivity contribution in [2.24, 2.45) is 11.8 Å². The summed E-state index contributed by atoms with van der Waals surface area (Å²) in [6.45, 7) is 0.507. The summed E-state index contributed by atoms with van der Waals surface area (Å²) in [4.78, 5) is 38.4. The summed E-state index contributed by atoms with van der Waals surface area (Å²) in [6, 6.07) is 16.1. The number of β-amino-alcohol motifs (C(OH)–C–C–N with tert-alkyl or cyclic N) is 1. The number of alkyl carbamates (subject to hydrolysis) is 1. The lowest BCUT2D eigenvalue weighted by atomic mass is 9.94. The Bertz CT molecular complexity index is 1090. The number of aliphatic hydroxyl groups is 1. The molecule has 4 atom stereocenters. The fourth-order valence-electron chi connectivity index (χ4n) is 5.83. The van der Waals surface area contributed by atoms with E-state index >= 15 is 0 Å². The van der Waals surface area contributed by atoms with Crippen molar-refractivity contribution in [3.8, 4) is 11.1 Å². The zero-order valence-electron chi connectivity index (χ0n) is 19.4. The molecule has 0 radical (unpaired) electrons. The van der Waals surface area contributed by atoms with Crippen LogP contribution in [-0.4, -0.2) is 64.9 Å². The molecule has 0 aromatic heterocycles. The minimum absolute atomic E-state index is 0.0150. The summed E-state index contributed by atoms with van der Waals surface area (Å²) in [5, 5.41) is 22.2. The lowest BCUT2D eigenvalue weighted by Crippen LogP contribution is -2.50. The number of hydrogen-bond acceptors (Lipinski definition) is 5. The van der Waals surface area contributed by atoms with E-state index in [1.54, 1.807) is 0 Å². The maximum atomic E-state index is 13.0. The van der Waals surface area contributed by atoms with Gasteiger partial charge in [0.05, 0.1) is 12.0 Å². The molecule has 2 aliphatic carbocycles. The molecule has 0 bridgehead atoms. The van der Waals surface area contributed by atoms with Crippen molar-refractivity contribution in [2.75, 3.05) is 19.7 Å². The third-order valence-corrected chi connectivity index (χ3v) is 7.54. The number of benzene rings is 2. The number of carbonyl (C=O) groups excluding carboxylic acids is 2. The highest BCUT2D eigenvalue weighted by Gasteiger charge is 2.38. The molecule has 35 heavy (non-hydrogen) atoms. The van der Waals surface area contributed by atoms with E-state index in [2.05, 4.69) is 29.6 Å². The minimum atomic E-state index is -0.997. The predicted octanol–water partition coefficient (Wildman–Crippen LogP) is 2.99. The van der Waals surface area contributed by atoms with E-state index in [4.69, 9.17) is 4.74 Å². The van der Waals surface area contributed by atoms with Gasteiger partial charge < -0.3 is 25.2 Å². The van der Waals surface area contributed by atoms with Crippen LogP contribution >= 0.6 is 0 Å². The number of fused-ring (bicyclic) bond motifs is 3. The molecule has 2 unspecified atom stereocenters. The van der Waals surface area contributed by atoms with Crippen molar-refractivity contribution in [2.45, 2.75) is 43.7 Å². The molecular weight excluding hydrogens is 448 g/mol. The van der Waals surface area contributed by atoms with E-state index in [1.807, 2.05) is 24.3 Å². The number of hydrogen-bond donors (Lipinski definition) is 3. The number of nitrogens with zero attached hydrogens (tertiary/aromatic N) is 1. The first-order chi connectivity index (χ1) is 16.9.